The highest BCUT2D eigenvalue weighted by atomic mass is 19.1. The monoisotopic (exact) mass is 704 g/mol. The minimum absolute atomic E-state index is 0.00287. The van der Waals surface area contributed by atoms with Gasteiger partial charge in [-0.05, 0) is 25.8 Å². The maximum atomic E-state index is 15.3. The van der Waals surface area contributed by atoms with Gasteiger partial charge in [-0.25, -0.2) is 4.39 Å². The van der Waals surface area contributed by atoms with Gasteiger partial charge in [0.15, 0.2) is 24.9 Å². The lowest BCUT2D eigenvalue weighted by atomic mass is 9.72. The molecule has 0 bridgehead atoms. The molecule has 0 amide bonds. The highest BCUT2D eigenvalue weighted by molar-refractivity contribution is 6.31. The highest BCUT2D eigenvalue weighted by Crippen LogP contribution is 2.52. The van der Waals surface area contributed by atoms with Gasteiger partial charge in [0.25, 0.3) is 0 Å². The van der Waals surface area contributed by atoms with Crippen LogP contribution < -0.4 is 4.74 Å². The zero-order chi connectivity index (χ0) is 36.7. The number of esters is 1. The van der Waals surface area contributed by atoms with Crippen LogP contribution in [-0.4, -0.2) is 110 Å². The number of ether oxygens (including phenoxy) is 4. The van der Waals surface area contributed by atoms with Gasteiger partial charge in [-0.15, -0.1) is 0 Å². The fraction of sp³-hybridized carbons (Fsp3) is 0.500. The molecule has 1 saturated heterocycles. The second kappa shape index (κ2) is 14.4. The summed E-state index contributed by atoms with van der Waals surface area (Å²) in [5, 5.41) is 64.0. The molecule has 1 fully saturated rings. The van der Waals surface area contributed by atoms with Gasteiger partial charge >= 0.3 is 11.9 Å². The van der Waals surface area contributed by atoms with Crippen molar-refractivity contribution in [2.24, 2.45) is 0 Å². The van der Waals surface area contributed by atoms with Gasteiger partial charge in [-0.2, -0.15) is 0 Å². The number of ketones is 3. The molecule has 1 heterocycles. The predicted molar refractivity (Wildman–Crippen MR) is 165 cm³/mol. The van der Waals surface area contributed by atoms with Gasteiger partial charge in [0.1, 0.15) is 35.1 Å². The maximum absolute atomic E-state index is 15.3. The summed E-state index contributed by atoms with van der Waals surface area (Å²) >= 11 is 0. The number of Topliss-reactive ketones (excluding diaryl/α,β-unsaturated/α-hetero) is 1. The van der Waals surface area contributed by atoms with Crippen molar-refractivity contribution < 1.29 is 77.9 Å². The van der Waals surface area contributed by atoms with Crippen molar-refractivity contribution in [3.63, 3.8) is 0 Å². The number of aliphatic hydroxyl groups excluding tert-OH is 2. The van der Waals surface area contributed by atoms with E-state index in [-0.39, 0.29) is 41.7 Å². The number of aliphatic hydroxyl groups is 3. The number of carboxylic acids is 1. The fourth-order valence-electron chi connectivity index (χ4n) is 6.59. The Bertz CT molecular complexity index is 1720. The molecule has 270 valence electrons. The summed E-state index contributed by atoms with van der Waals surface area (Å²) in [6.07, 6.45) is -11.6. The lowest BCUT2D eigenvalue weighted by molar-refractivity contribution is -0.294. The summed E-state index contributed by atoms with van der Waals surface area (Å²) in [6.45, 7) is 0.364. The Morgan fingerprint density at radius 1 is 0.980 bits per heavy atom. The number of halogens is 1. The lowest BCUT2D eigenvalue weighted by Gasteiger charge is -2.43. The molecule has 3 aliphatic rings. The number of phenols is 2. The standard InChI is InChI=1S/C34H37FO15/c1-14-27(40)32(45)26(35)33(49-14)50-18-12-34(46,19(36)13-48-21(39)10-5-3-4-9-20(37)38)11-16-23(18)31(44)25-24(29(16)42)28(41)15-7-6-8-17(47-2)22(15)30(25)43/h6-8,14,18,26-27,32-33,40,42,44-46H,3-5,9-13H2,1-2H3,(H,37,38)/t14-,18-,26+,27+,32-,33-,34-/m0/s1. The van der Waals surface area contributed by atoms with Crippen molar-refractivity contribution in [1.29, 1.82) is 0 Å². The fourth-order valence-corrected chi connectivity index (χ4v) is 6.59. The molecular weight excluding hydrogens is 667 g/mol. The van der Waals surface area contributed by atoms with E-state index in [9.17, 15) is 49.5 Å². The van der Waals surface area contributed by atoms with Crippen LogP contribution in [0.25, 0.3) is 0 Å². The summed E-state index contributed by atoms with van der Waals surface area (Å²) in [5.74, 6) is -6.41. The molecule has 2 aliphatic carbocycles. The average Bonchev–Trinajstić information content (AvgIpc) is 3.08. The van der Waals surface area contributed by atoms with Crippen LogP contribution in [0, 0.1) is 0 Å². The van der Waals surface area contributed by atoms with Crippen molar-refractivity contribution in [3.8, 4) is 17.2 Å². The molecule has 0 spiro atoms. The normalized spacial score (nSPS) is 27.2. The number of hydrogen-bond donors (Lipinski definition) is 6. The molecule has 0 unspecified atom stereocenters. The first-order chi connectivity index (χ1) is 23.6. The summed E-state index contributed by atoms with van der Waals surface area (Å²) in [6, 6.07) is 4.16. The van der Waals surface area contributed by atoms with Crippen LogP contribution in [0.3, 0.4) is 0 Å². The molecular formula is C34H37FO15. The van der Waals surface area contributed by atoms with Gasteiger partial charge in [0.05, 0.1) is 36.0 Å². The molecule has 5 rings (SSSR count). The minimum Gasteiger partial charge on any atom is -0.507 e. The molecule has 16 heteroatoms. The van der Waals surface area contributed by atoms with Crippen LogP contribution in [0.1, 0.15) is 94.5 Å². The Hall–Kier alpha value is -4.48. The number of unbranched alkanes of at least 4 members (excludes halogenated alkanes) is 2. The van der Waals surface area contributed by atoms with Gasteiger partial charge in [0, 0.05) is 42.4 Å². The van der Waals surface area contributed by atoms with Crippen LogP contribution in [0.15, 0.2) is 18.2 Å². The molecule has 6 N–H and O–H groups in total. The molecule has 50 heavy (non-hydrogen) atoms. The number of aromatic hydroxyl groups is 2. The third-order valence-electron chi connectivity index (χ3n) is 9.30. The van der Waals surface area contributed by atoms with Crippen molar-refractivity contribution >= 4 is 29.3 Å². The summed E-state index contributed by atoms with van der Waals surface area (Å²) in [5.41, 5.74) is -4.90. The molecule has 2 aromatic carbocycles. The highest BCUT2D eigenvalue weighted by Gasteiger charge is 2.52. The van der Waals surface area contributed by atoms with E-state index in [0.717, 1.165) is 0 Å². The van der Waals surface area contributed by atoms with Gasteiger partial charge < -0.3 is 49.6 Å². The number of carboxylic acid groups (broad SMARTS) is 1. The molecule has 2 aromatic rings. The quantitative estimate of drug-likeness (QED) is 0.0890. The van der Waals surface area contributed by atoms with E-state index >= 15 is 4.39 Å². The number of hydrogen-bond acceptors (Lipinski definition) is 14. The zero-order valence-corrected chi connectivity index (χ0v) is 27.1. The number of benzene rings is 2. The van der Waals surface area contributed by atoms with Crippen molar-refractivity contribution in [1.82, 2.24) is 0 Å². The van der Waals surface area contributed by atoms with Crippen molar-refractivity contribution in [3.05, 3.63) is 51.6 Å². The number of fused-ring (bicyclic) bond motifs is 3. The van der Waals surface area contributed by atoms with Crippen LogP contribution in [0.2, 0.25) is 0 Å². The van der Waals surface area contributed by atoms with Crippen LogP contribution in [-0.2, 0) is 35.0 Å². The van der Waals surface area contributed by atoms with E-state index in [4.69, 9.17) is 24.1 Å². The summed E-state index contributed by atoms with van der Waals surface area (Å²) in [4.78, 5) is 64.0. The summed E-state index contributed by atoms with van der Waals surface area (Å²) < 4.78 is 36.8. The van der Waals surface area contributed by atoms with E-state index in [1.807, 2.05) is 0 Å². The number of carbonyl (C=O) groups excluding carboxylic acids is 4. The summed E-state index contributed by atoms with van der Waals surface area (Å²) in [7, 11) is 1.26. The maximum Gasteiger partial charge on any atom is 0.306 e. The number of methoxy groups -OCH3 is 1. The average molecular weight is 705 g/mol. The number of rotatable bonds is 12. The molecule has 1 aliphatic heterocycles. The van der Waals surface area contributed by atoms with E-state index in [2.05, 4.69) is 0 Å². The minimum atomic E-state index is -2.52. The Balaban J connectivity index is 1.51. The van der Waals surface area contributed by atoms with E-state index < -0.39 is 119 Å². The van der Waals surface area contributed by atoms with Gasteiger partial charge in [-0.3, -0.25) is 24.0 Å². The first kappa shape index (κ1) is 36.8. The Kier molecular flexibility index (Phi) is 10.6. The van der Waals surface area contributed by atoms with Gasteiger partial charge in [-0.1, -0.05) is 18.6 Å². The third-order valence-corrected chi connectivity index (χ3v) is 9.30. The molecule has 0 aromatic heterocycles. The molecule has 0 radical (unpaired) electrons. The van der Waals surface area contributed by atoms with E-state index in [1.165, 1.54) is 32.2 Å². The zero-order valence-electron chi connectivity index (χ0n) is 27.1. The van der Waals surface area contributed by atoms with E-state index in [0.29, 0.717) is 12.8 Å². The van der Waals surface area contributed by atoms with Crippen molar-refractivity contribution in [2.75, 3.05) is 13.7 Å². The second-order valence-corrected chi connectivity index (χ2v) is 12.6. The number of phenolic OH excluding ortho intramolecular Hbond substituents is 2. The molecule has 0 saturated carbocycles. The third kappa shape index (κ3) is 6.68. The topological polar surface area (TPSA) is 244 Å². The van der Waals surface area contributed by atoms with Crippen LogP contribution in [0.4, 0.5) is 4.39 Å². The molecule has 15 nitrogen and oxygen atoms in total. The van der Waals surface area contributed by atoms with Crippen molar-refractivity contribution in [2.45, 2.75) is 94.3 Å². The lowest BCUT2D eigenvalue weighted by Crippen LogP contribution is -2.56. The van der Waals surface area contributed by atoms with Gasteiger partial charge in [0.2, 0.25) is 11.6 Å². The predicted octanol–water partition coefficient (Wildman–Crippen LogP) is 1.57. The first-order valence-electron chi connectivity index (χ1n) is 15.9. The Morgan fingerprint density at radius 3 is 2.34 bits per heavy atom. The Labute approximate surface area is 284 Å². The van der Waals surface area contributed by atoms with Crippen LogP contribution >= 0.6 is 0 Å². The Morgan fingerprint density at radius 2 is 1.66 bits per heavy atom. The first-order valence-corrected chi connectivity index (χ1v) is 15.9. The number of aliphatic carboxylic acids is 1. The SMILES string of the molecule is COc1cccc2c1C(=O)c1c(O)c3c(c(O)c1C2=O)C[C@@](O)(C(=O)COC(=O)CCCCCC(=O)O)C[C@@H]3O[C@@H]1O[C@@H](C)[C@@H](O)[C@@H](O)[C@H]1F. The van der Waals surface area contributed by atoms with E-state index in [1.54, 1.807) is 0 Å². The largest absolute Gasteiger partial charge is 0.507 e. The van der Waals surface area contributed by atoms with Crippen LogP contribution in [0.5, 0.6) is 17.2 Å². The smallest absolute Gasteiger partial charge is 0.306 e. The molecule has 7 atom stereocenters. The number of alkyl halides is 1. The second-order valence-electron chi connectivity index (χ2n) is 12.6. The number of carbonyl (C=O) groups is 5.